The first kappa shape index (κ1) is 17.0. The second-order valence-corrected chi connectivity index (χ2v) is 5.51. The molecule has 0 aliphatic heterocycles. The molecule has 3 aromatic rings. The summed E-state index contributed by atoms with van der Waals surface area (Å²) in [6.45, 7) is 0.121. The summed E-state index contributed by atoms with van der Waals surface area (Å²) >= 11 is 0. The molecule has 26 heavy (non-hydrogen) atoms. The molecule has 3 rings (SSSR count). The van der Waals surface area contributed by atoms with E-state index in [1.807, 2.05) is 30.3 Å². The molecule has 6 heteroatoms. The highest BCUT2D eigenvalue weighted by molar-refractivity contribution is 5.93. The van der Waals surface area contributed by atoms with Gasteiger partial charge in [0.2, 0.25) is 5.91 Å². The molecule has 6 nitrogen and oxygen atoms in total. The van der Waals surface area contributed by atoms with Crippen LogP contribution in [0.3, 0.4) is 0 Å². The van der Waals surface area contributed by atoms with Crippen LogP contribution >= 0.6 is 0 Å². The second kappa shape index (κ2) is 8.31. The van der Waals surface area contributed by atoms with Gasteiger partial charge in [-0.2, -0.15) is 5.26 Å². The van der Waals surface area contributed by atoms with Crippen LogP contribution in [0.4, 0.5) is 22.9 Å². The molecule has 1 heterocycles. The summed E-state index contributed by atoms with van der Waals surface area (Å²) in [5, 5.41) is 17.7. The lowest BCUT2D eigenvalue weighted by Gasteiger charge is -2.09. The zero-order valence-electron chi connectivity index (χ0n) is 13.9. The number of para-hydroxylation sites is 1. The van der Waals surface area contributed by atoms with Crippen LogP contribution in [0.25, 0.3) is 0 Å². The van der Waals surface area contributed by atoms with Crippen LogP contribution in [-0.2, 0) is 4.79 Å². The van der Waals surface area contributed by atoms with E-state index in [0.717, 1.165) is 11.4 Å². The highest BCUT2D eigenvalue weighted by Gasteiger charge is 2.03. The number of aromatic nitrogens is 1. The predicted molar refractivity (Wildman–Crippen MR) is 102 cm³/mol. The molecule has 128 valence electrons. The van der Waals surface area contributed by atoms with Gasteiger partial charge in [-0.15, -0.1) is 0 Å². The standard InChI is InChI=1S/C20H17N5O/c21-12-15-6-8-16(9-7-15)22-14-20(26)25-18-10-11-19(23-13-18)24-17-4-2-1-3-5-17/h1-11,13,22H,14H2,(H,23,24)(H,25,26). The van der Waals surface area contributed by atoms with Gasteiger partial charge < -0.3 is 16.0 Å². The van der Waals surface area contributed by atoms with Crippen LogP contribution in [0.1, 0.15) is 5.56 Å². The van der Waals surface area contributed by atoms with Crippen LogP contribution in [0.15, 0.2) is 72.9 Å². The molecule has 0 aliphatic rings. The van der Waals surface area contributed by atoms with Gasteiger partial charge in [0.1, 0.15) is 5.82 Å². The first-order valence-corrected chi connectivity index (χ1v) is 8.05. The monoisotopic (exact) mass is 343 g/mol. The number of hydrogen-bond acceptors (Lipinski definition) is 5. The fourth-order valence-corrected chi connectivity index (χ4v) is 2.26. The van der Waals surface area contributed by atoms with Crippen LogP contribution in [-0.4, -0.2) is 17.4 Å². The Bertz CT molecular complexity index is 900. The largest absolute Gasteiger partial charge is 0.376 e. The minimum absolute atomic E-state index is 0.121. The van der Waals surface area contributed by atoms with Crippen molar-refractivity contribution in [1.29, 1.82) is 5.26 Å². The van der Waals surface area contributed by atoms with Crippen molar-refractivity contribution >= 4 is 28.8 Å². The Balaban J connectivity index is 1.50. The first-order chi connectivity index (χ1) is 12.7. The molecule has 0 fully saturated rings. The van der Waals surface area contributed by atoms with Gasteiger partial charge in [-0.3, -0.25) is 4.79 Å². The Hall–Kier alpha value is -3.85. The SMILES string of the molecule is N#Cc1ccc(NCC(=O)Nc2ccc(Nc3ccccc3)nc2)cc1. The Morgan fingerprint density at radius 1 is 0.923 bits per heavy atom. The number of carbonyl (C=O) groups excluding carboxylic acids is 1. The molecule has 2 aromatic carbocycles. The van der Waals surface area contributed by atoms with E-state index < -0.39 is 0 Å². The van der Waals surface area contributed by atoms with Gasteiger partial charge in [-0.05, 0) is 48.5 Å². The van der Waals surface area contributed by atoms with Crippen molar-refractivity contribution in [3.05, 3.63) is 78.5 Å². The van der Waals surface area contributed by atoms with E-state index >= 15 is 0 Å². The third-order valence-corrected chi connectivity index (χ3v) is 3.56. The number of nitrogens with zero attached hydrogens (tertiary/aromatic N) is 2. The number of anilines is 4. The summed E-state index contributed by atoms with van der Waals surface area (Å²) < 4.78 is 0. The number of nitriles is 1. The molecule has 0 bridgehead atoms. The van der Waals surface area contributed by atoms with Crippen molar-refractivity contribution in [3.63, 3.8) is 0 Å². The second-order valence-electron chi connectivity index (χ2n) is 5.51. The van der Waals surface area contributed by atoms with Gasteiger partial charge in [0, 0.05) is 11.4 Å². The minimum Gasteiger partial charge on any atom is -0.376 e. The van der Waals surface area contributed by atoms with Gasteiger partial charge >= 0.3 is 0 Å². The van der Waals surface area contributed by atoms with Crippen LogP contribution < -0.4 is 16.0 Å². The number of nitrogens with one attached hydrogen (secondary N) is 3. The van der Waals surface area contributed by atoms with E-state index in [1.54, 1.807) is 42.6 Å². The molecule has 0 unspecified atom stereocenters. The van der Waals surface area contributed by atoms with Gasteiger partial charge in [0.15, 0.2) is 0 Å². The van der Waals surface area contributed by atoms with Gasteiger partial charge in [0.05, 0.1) is 30.1 Å². The molecule has 1 aromatic heterocycles. The maximum atomic E-state index is 12.0. The average molecular weight is 343 g/mol. The topological polar surface area (TPSA) is 89.8 Å². The summed E-state index contributed by atoms with van der Waals surface area (Å²) in [7, 11) is 0. The molecular weight excluding hydrogens is 326 g/mol. The van der Waals surface area contributed by atoms with Crippen molar-refractivity contribution in [2.24, 2.45) is 0 Å². The van der Waals surface area contributed by atoms with E-state index in [4.69, 9.17) is 5.26 Å². The van der Waals surface area contributed by atoms with Crippen molar-refractivity contribution in [1.82, 2.24) is 4.98 Å². The summed E-state index contributed by atoms with van der Waals surface area (Å²) in [5.41, 5.74) is 2.92. The number of amides is 1. The normalized spacial score (nSPS) is 9.81. The summed E-state index contributed by atoms with van der Waals surface area (Å²) in [6.07, 6.45) is 1.60. The zero-order valence-corrected chi connectivity index (χ0v) is 13.9. The quantitative estimate of drug-likeness (QED) is 0.634. The molecular formula is C20H17N5O. The highest BCUT2D eigenvalue weighted by atomic mass is 16.1. The highest BCUT2D eigenvalue weighted by Crippen LogP contribution is 2.15. The number of pyridine rings is 1. The molecule has 0 radical (unpaired) electrons. The fourth-order valence-electron chi connectivity index (χ4n) is 2.26. The minimum atomic E-state index is -0.181. The number of benzene rings is 2. The van der Waals surface area contributed by atoms with E-state index in [0.29, 0.717) is 17.1 Å². The lowest BCUT2D eigenvalue weighted by Crippen LogP contribution is -2.21. The van der Waals surface area contributed by atoms with Crippen molar-refractivity contribution in [2.45, 2.75) is 0 Å². The summed E-state index contributed by atoms with van der Waals surface area (Å²) in [5.74, 6) is 0.518. The third-order valence-electron chi connectivity index (χ3n) is 3.56. The Labute approximate surface area is 151 Å². The smallest absolute Gasteiger partial charge is 0.243 e. The predicted octanol–water partition coefficient (Wildman–Crippen LogP) is 3.75. The Morgan fingerprint density at radius 2 is 1.65 bits per heavy atom. The first-order valence-electron chi connectivity index (χ1n) is 8.05. The van der Waals surface area contributed by atoms with Crippen LogP contribution in [0.2, 0.25) is 0 Å². The van der Waals surface area contributed by atoms with E-state index in [1.165, 1.54) is 0 Å². The zero-order chi connectivity index (χ0) is 18.2. The summed E-state index contributed by atoms with van der Waals surface area (Å²) in [6, 6.07) is 22.3. The molecule has 0 saturated carbocycles. The van der Waals surface area contributed by atoms with Crippen molar-refractivity contribution in [3.8, 4) is 6.07 Å². The van der Waals surface area contributed by atoms with Gasteiger partial charge in [0.25, 0.3) is 0 Å². The average Bonchev–Trinajstić information content (AvgIpc) is 2.69. The number of rotatable bonds is 6. The van der Waals surface area contributed by atoms with Gasteiger partial charge in [-0.25, -0.2) is 4.98 Å². The maximum Gasteiger partial charge on any atom is 0.243 e. The lowest BCUT2D eigenvalue weighted by molar-refractivity contribution is -0.114. The van der Waals surface area contributed by atoms with Crippen molar-refractivity contribution < 1.29 is 4.79 Å². The molecule has 3 N–H and O–H groups in total. The van der Waals surface area contributed by atoms with Crippen molar-refractivity contribution in [2.75, 3.05) is 22.5 Å². The Morgan fingerprint density at radius 3 is 2.31 bits per heavy atom. The Kier molecular flexibility index (Phi) is 5.43. The van der Waals surface area contributed by atoms with E-state index in [2.05, 4.69) is 27.0 Å². The van der Waals surface area contributed by atoms with Crippen LogP contribution in [0, 0.1) is 11.3 Å². The number of carbonyl (C=O) groups is 1. The molecule has 0 saturated heterocycles. The van der Waals surface area contributed by atoms with Gasteiger partial charge in [-0.1, -0.05) is 18.2 Å². The number of hydrogen-bond donors (Lipinski definition) is 3. The fraction of sp³-hybridized carbons (Fsp3) is 0.0500. The molecule has 1 amide bonds. The van der Waals surface area contributed by atoms with Crippen LogP contribution in [0.5, 0.6) is 0 Å². The van der Waals surface area contributed by atoms with E-state index in [-0.39, 0.29) is 12.5 Å². The molecule has 0 spiro atoms. The third kappa shape index (κ3) is 4.82. The molecule has 0 aliphatic carbocycles. The molecule has 0 atom stereocenters. The van der Waals surface area contributed by atoms with E-state index in [9.17, 15) is 4.79 Å². The maximum absolute atomic E-state index is 12.0. The summed E-state index contributed by atoms with van der Waals surface area (Å²) in [4.78, 5) is 16.3. The lowest BCUT2D eigenvalue weighted by atomic mass is 10.2.